The second kappa shape index (κ2) is 11.6. The molecule has 11 heteroatoms. The quantitative estimate of drug-likeness (QED) is 0.448. The molecule has 0 fully saturated rings. The van der Waals surface area contributed by atoms with E-state index in [2.05, 4.69) is 26.3 Å². The Morgan fingerprint density at radius 1 is 1.17 bits per heavy atom. The summed E-state index contributed by atoms with van der Waals surface area (Å²) in [4.78, 5) is 14.4. The molecule has 1 atom stereocenters. The van der Waals surface area contributed by atoms with Crippen molar-refractivity contribution in [1.82, 2.24) is 20.3 Å². The Morgan fingerprint density at radius 3 is 2.63 bits per heavy atom. The van der Waals surface area contributed by atoms with Gasteiger partial charge in [-0.2, -0.15) is 18.4 Å². The van der Waals surface area contributed by atoms with Crippen LogP contribution in [0.5, 0.6) is 5.75 Å². The molecule has 0 bridgehead atoms. The van der Waals surface area contributed by atoms with E-state index in [-0.39, 0.29) is 13.0 Å². The number of aliphatic hydroxyl groups is 1. The molecule has 0 saturated heterocycles. The number of nitriles is 1. The molecule has 0 spiro atoms. The zero-order valence-electron chi connectivity index (χ0n) is 19.3. The van der Waals surface area contributed by atoms with Gasteiger partial charge in [0.2, 0.25) is 0 Å². The highest BCUT2D eigenvalue weighted by atomic mass is 19.4. The van der Waals surface area contributed by atoms with Crippen LogP contribution in [-0.2, 0) is 6.18 Å². The lowest BCUT2D eigenvalue weighted by Gasteiger charge is -2.19. The molecule has 0 aliphatic heterocycles. The number of aliphatic hydroxyl groups excluding tert-OH is 1. The maximum Gasteiger partial charge on any atom is 0.433 e. The second-order valence-electron chi connectivity index (χ2n) is 7.74. The molecule has 3 aromatic rings. The molecular weight excluding hydrogens is 461 g/mol. The number of aromatic nitrogens is 3. The van der Waals surface area contributed by atoms with E-state index < -0.39 is 18.0 Å². The Kier molecular flexibility index (Phi) is 8.57. The van der Waals surface area contributed by atoms with Crippen LogP contribution in [-0.4, -0.2) is 60.0 Å². The number of likely N-dealkylation sites (N-methyl/N-ethyl adjacent to an activating group) is 1. The SMILES string of the molecule is CNCC(O)COc1cccc(-c2nc(-c3ccc(C(F)(F)F)nc3)cc(N(C)CCC#N)n2)c1. The van der Waals surface area contributed by atoms with E-state index in [9.17, 15) is 18.3 Å². The van der Waals surface area contributed by atoms with Crippen LogP contribution in [0.4, 0.5) is 19.0 Å². The van der Waals surface area contributed by atoms with Gasteiger partial charge in [0.25, 0.3) is 0 Å². The molecule has 1 aromatic carbocycles. The number of anilines is 1. The van der Waals surface area contributed by atoms with Crippen molar-refractivity contribution < 1.29 is 23.0 Å². The number of pyridine rings is 1. The van der Waals surface area contributed by atoms with Gasteiger partial charge in [-0.25, -0.2) is 9.97 Å². The smallest absolute Gasteiger partial charge is 0.433 e. The van der Waals surface area contributed by atoms with Crippen LogP contribution < -0.4 is 15.0 Å². The van der Waals surface area contributed by atoms with Crippen LogP contribution in [0.1, 0.15) is 12.1 Å². The standard InChI is InChI=1S/C24H25F3N6O2/c1-29-14-18(34)15-35-19-6-3-5-16(11-19)23-31-20(12-22(32-23)33(2)10-4-9-28)17-7-8-21(30-13-17)24(25,26)27/h3,5-8,11-13,18,29,34H,4,10,14-15H2,1-2H3. The van der Waals surface area contributed by atoms with Gasteiger partial charge in [-0.05, 0) is 31.3 Å². The van der Waals surface area contributed by atoms with E-state index in [0.717, 1.165) is 12.3 Å². The van der Waals surface area contributed by atoms with Gasteiger partial charge in [-0.1, -0.05) is 12.1 Å². The molecule has 184 valence electrons. The third-order valence-electron chi connectivity index (χ3n) is 4.99. The summed E-state index contributed by atoms with van der Waals surface area (Å²) >= 11 is 0. The highest BCUT2D eigenvalue weighted by Crippen LogP contribution is 2.31. The second-order valence-corrected chi connectivity index (χ2v) is 7.74. The molecule has 0 aliphatic carbocycles. The number of hydrogen-bond donors (Lipinski definition) is 2. The number of halogens is 3. The fourth-order valence-corrected chi connectivity index (χ4v) is 3.16. The molecule has 2 heterocycles. The lowest BCUT2D eigenvalue weighted by atomic mass is 10.1. The monoisotopic (exact) mass is 486 g/mol. The Morgan fingerprint density at radius 2 is 1.97 bits per heavy atom. The van der Waals surface area contributed by atoms with Crippen molar-refractivity contribution in [3.8, 4) is 34.5 Å². The van der Waals surface area contributed by atoms with Crippen LogP contribution in [0.3, 0.4) is 0 Å². The summed E-state index contributed by atoms with van der Waals surface area (Å²) in [6.07, 6.45) is -3.84. The van der Waals surface area contributed by atoms with Crippen molar-refractivity contribution in [3.05, 3.63) is 54.4 Å². The van der Waals surface area contributed by atoms with Gasteiger partial charge in [0.05, 0.1) is 18.2 Å². The average molecular weight is 486 g/mol. The van der Waals surface area contributed by atoms with Gasteiger partial charge in [-0.3, -0.25) is 4.98 Å². The van der Waals surface area contributed by atoms with Crippen molar-refractivity contribution in [1.29, 1.82) is 5.26 Å². The fourth-order valence-electron chi connectivity index (χ4n) is 3.16. The van der Waals surface area contributed by atoms with E-state index >= 15 is 0 Å². The molecule has 8 nitrogen and oxygen atoms in total. The molecule has 0 aliphatic rings. The van der Waals surface area contributed by atoms with Crippen molar-refractivity contribution in [3.63, 3.8) is 0 Å². The van der Waals surface area contributed by atoms with Gasteiger partial charge < -0.3 is 20.1 Å². The van der Waals surface area contributed by atoms with E-state index in [0.29, 0.717) is 47.3 Å². The van der Waals surface area contributed by atoms with E-state index in [4.69, 9.17) is 10.00 Å². The van der Waals surface area contributed by atoms with Gasteiger partial charge in [0.15, 0.2) is 5.82 Å². The fraction of sp³-hybridized carbons (Fsp3) is 0.333. The molecule has 3 rings (SSSR count). The van der Waals surface area contributed by atoms with Gasteiger partial charge in [0.1, 0.15) is 30.0 Å². The Labute approximate surface area is 201 Å². The molecule has 2 N–H and O–H groups in total. The van der Waals surface area contributed by atoms with Crippen LogP contribution >= 0.6 is 0 Å². The van der Waals surface area contributed by atoms with E-state index in [1.54, 1.807) is 49.3 Å². The predicted molar refractivity (Wildman–Crippen MR) is 125 cm³/mol. The van der Waals surface area contributed by atoms with Crippen molar-refractivity contribution in [2.24, 2.45) is 0 Å². The molecule has 35 heavy (non-hydrogen) atoms. The minimum Gasteiger partial charge on any atom is -0.491 e. The molecule has 1 unspecified atom stereocenters. The Hall–Kier alpha value is -3.75. The third kappa shape index (κ3) is 7.11. The maximum absolute atomic E-state index is 12.9. The number of nitrogens with one attached hydrogen (secondary N) is 1. The van der Waals surface area contributed by atoms with Crippen LogP contribution in [0.2, 0.25) is 0 Å². The van der Waals surface area contributed by atoms with Crippen LogP contribution in [0.25, 0.3) is 22.6 Å². The summed E-state index contributed by atoms with van der Waals surface area (Å²) in [6.45, 7) is 0.874. The lowest BCUT2D eigenvalue weighted by molar-refractivity contribution is -0.141. The number of ether oxygens (including phenoxy) is 1. The van der Waals surface area contributed by atoms with Crippen molar-refractivity contribution in [2.75, 3.05) is 38.7 Å². The molecule has 0 amide bonds. The minimum atomic E-state index is -4.54. The third-order valence-corrected chi connectivity index (χ3v) is 4.99. The Bertz CT molecular complexity index is 1170. The topological polar surface area (TPSA) is 107 Å². The molecule has 2 aromatic heterocycles. The first-order valence-corrected chi connectivity index (χ1v) is 10.8. The largest absolute Gasteiger partial charge is 0.491 e. The minimum absolute atomic E-state index is 0.0879. The van der Waals surface area contributed by atoms with E-state index in [1.165, 1.54) is 6.07 Å². The van der Waals surface area contributed by atoms with E-state index in [1.807, 2.05) is 0 Å². The predicted octanol–water partition coefficient (Wildman–Crippen LogP) is 3.53. The van der Waals surface area contributed by atoms with Gasteiger partial charge in [-0.15, -0.1) is 0 Å². The number of hydrogen-bond acceptors (Lipinski definition) is 8. The van der Waals surface area contributed by atoms with Crippen molar-refractivity contribution >= 4 is 5.82 Å². The number of nitrogens with zero attached hydrogens (tertiary/aromatic N) is 5. The van der Waals surface area contributed by atoms with Crippen LogP contribution in [0, 0.1) is 11.3 Å². The first-order valence-electron chi connectivity index (χ1n) is 10.8. The zero-order chi connectivity index (χ0) is 25.4. The number of benzene rings is 1. The summed E-state index contributed by atoms with van der Waals surface area (Å²) < 4.78 is 44.5. The van der Waals surface area contributed by atoms with Gasteiger partial charge >= 0.3 is 6.18 Å². The van der Waals surface area contributed by atoms with Gasteiger partial charge in [0, 0.05) is 43.5 Å². The molecule has 0 saturated carbocycles. The number of alkyl halides is 3. The highest BCUT2D eigenvalue weighted by Gasteiger charge is 2.32. The zero-order valence-corrected chi connectivity index (χ0v) is 19.3. The summed E-state index contributed by atoms with van der Waals surface area (Å²) in [5.74, 6) is 1.32. The number of rotatable bonds is 10. The first kappa shape index (κ1) is 25.9. The summed E-state index contributed by atoms with van der Waals surface area (Å²) in [5.41, 5.74) is 0.388. The summed E-state index contributed by atoms with van der Waals surface area (Å²) in [6, 6.07) is 12.9. The first-order chi connectivity index (χ1) is 16.7. The lowest BCUT2D eigenvalue weighted by Crippen LogP contribution is -2.29. The normalized spacial score (nSPS) is 12.1. The maximum atomic E-state index is 12.9. The highest BCUT2D eigenvalue weighted by molar-refractivity contribution is 5.68. The Balaban J connectivity index is 1.98. The summed E-state index contributed by atoms with van der Waals surface area (Å²) in [7, 11) is 3.49. The van der Waals surface area contributed by atoms with Crippen molar-refractivity contribution in [2.45, 2.75) is 18.7 Å². The summed E-state index contributed by atoms with van der Waals surface area (Å²) in [5, 5.41) is 21.7. The molecule has 0 radical (unpaired) electrons. The van der Waals surface area contributed by atoms with Crippen LogP contribution in [0.15, 0.2) is 48.7 Å². The average Bonchev–Trinajstić information content (AvgIpc) is 2.85. The molecular formula is C24H25F3N6O2.